The van der Waals surface area contributed by atoms with Crippen molar-refractivity contribution in [2.24, 2.45) is 5.73 Å². The van der Waals surface area contributed by atoms with E-state index in [1.807, 2.05) is 24.3 Å². The normalized spacial score (nSPS) is 12.7. The topological polar surface area (TPSA) is 80.4 Å². The SMILES string of the molecule is NC(=O)C(=CC(=O)O)c1ccc2c(c1)Cc1ccccc1-2. The molecule has 0 aliphatic heterocycles. The van der Waals surface area contributed by atoms with E-state index in [4.69, 9.17) is 10.8 Å². The zero-order chi connectivity index (χ0) is 15.0. The molecule has 0 spiro atoms. The molecule has 104 valence electrons. The third-order valence-corrected chi connectivity index (χ3v) is 3.64. The fourth-order valence-corrected chi connectivity index (χ4v) is 2.73. The van der Waals surface area contributed by atoms with Crippen LogP contribution in [0.15, 0.2) is 48.5 Å². The Morgan fingerprint density at radius 3 is 2.48 bits per heavy atom. The molecule has 3 N–H and O–H groups in total. The lowest BCUT2D eigenvalue weighted by atomic mass is 9.98. The average molecular weight is 279 g/mol. The van der Waals surface area contributed by atoms with E-state index in [1.165, 1.54) is 11.1 Å². The standard InChI is InChI=1S/C17H13NO3/c18-17(21)15(9-16(19)20)11-5-6-14-12(8-11)7-10-3-1-2-4-13(10)14/h1-6,8-9H,7H2,(H2,18,21)(H,19,20). The zero-order valence-corrected chi connectivity index (χ0v) is 11.2. The van der Waals surface area contributed by atoms with Gasteiger partial charge in [0.2, 0.25) is 5.91 Å². The number of carbonyl (C=O) groups is 2. The Bertz CT molecular complexity index is 790. The fourth-order valence-electron chi connectivity index (χ4n) is 2.73. The predicted molar refractivity (Wildman–Crippen MR) is 79.5 cm³/mol. The lowest BCUT2D eigenvalue weighted by Crippen LogP contribution is -2.14. The molecule has 0 saturated carbocycles. The summed E-state index contributed by atoms with van der Waals surface area (Å²) in [6.07, 6.45) is 1.63. The fraction of sp³-hybridized carbons (Fsp3) is 0.0588. The maximum absolute atomic E-state index is 11.4. The first kappa shape index (κ1) is 13.1. The van der Waals surface area contributed by atoms with Gasteiger partial charge in [-0.15, -0.1) is 0 Å². The Hall–Kier alpha value is -2.88. The molecule has 0 aromatic heterocycles. The molecule has 2 aromatic carbocycles. The van der Waals surface area contributed by atoms with Crippen molar-refractivity contribution >= 4 is 17.4 Å². The van der Waals surface area contributed by atoms with Crippen LogP contribution in [0.5, 0.6) is 0 Å². The Kier molecular flexibility index (Phi) is 3.06. The molecular formula is C17H13NO3. The van der Waals surface area contributed by atoms with Gasteiger partial charge < -0.3 is 10.8 Å². The van der Waals surface area contributed by atoms with Crippen LogP contribution in [0, 0.1) is 0 Å². The molecule has 0 fully saturated rings. The molecule has 1 amide bonds. The highest BCUT2D eigenvalue weighted by atomic mass is 16.4. The van der Waals surface area contributed by atoms with Crippen molar-refractivity contribution in [3.63, 3.8) is 0 Å². The second-order valence-corrected chi connectivity index (χ2v) is 4.97. The van der Waals surface area contributed by atoms with E-state index in [2.05, 4.69) is 12.1 Å². The van der Waals surface area contributed by atoms with Gasteiger partial charge in [0.15, 0.2) is 0 Å². The summed E-state index contributed by atoms with van der Waals surface area (Å²) in [6.45, 7) is 0. The quantitative estimate of drug-likeness (QED) is 0.721. The molecule has 0 unspecified atom stereocenters. The van der Waals surface area contributed by atoms with Gasteiger partial charge in [0.05, 0.1) is 5.57 Å². The highest BCUT2D eigenvalue weighted by Gasteiger charge is 2.19. The van der Waals surface area contributed by atoms with Crippen LogP contribution >= 0.6 is 0 Å². The molecule has 0 saturated heterocycles. The first-order valence-electron chi connectivity index (χ1n) is 6.52. The van der Waals surface area contributed by atoms with Gasteiger partial charge in [-0.25, -0.2) is 4.79 Å². The minimum atomic E-state index is -1.19. The van der Waals surface area contributed by atoms with Gasteiger partial charge in [0, 0.05) is 6.08 Å². The van der Waals surface area contributed by atoms with Crippen LogP contribution in [-0.4, -0.2) is 17.0 Å². The van der Waals surface area contributed by atoms with Crippen molar-refractivity contribution in [2.75, 3.05) is 0 Å². The number of carboxylic acid groups (broad SMARTS) is 1. The van der Waals surface area contributed by atoms with Crippen LogP contribution in [0.2, 0.25) is 0 Å². The smallest absolute Gasteiger partial charge is 0.329 e. The van der Waals surface area contributed by atoms with Crippen molar-refractivity contribution < 1.29 is 14.7 Å². The van der Waals surface area contributed by atoms with Gasteiger partial charge in [-0.2, -0.15) is 0 Å². The lowest BCUT2D eigenvalue weighted by molar-refractivity contribution is -0.131. The summed E-state index contributed by atoms with van der Waals surface area (Å²) in [4.78, 5) is 22.3. The van der Waals surface area contributed by atoms with Gasteiger partial charge in [-0.05, 0) is 40.3 Å². The number of nitrogens with two attached hydrogens (primary N) is 1. The van der Waals surface area contributed by atoms with Gasteiger partial charge in [0.1, 0.15) is 0 Å². The van der Waals surface area contributed by atoms with E-state index in [0.717, 1.165) is 23.6 Å². The van der Waals surface area contributed by atoms with Gasteiger partial charge in [0.25, 0.3) is 0 Å². The summed E-state index contributed by atoms with van der Waals surface area (Å²) in [5.74, 6) is -1.93. The van der Waals surface area contributed by atoms with Crippen molar-refractivity contribution in [1.82, 2.24) is 0 Å². The maximum atomic E-state index is 11.4. The lowest BCUT2D eigenvalue weighted by Gasteiger charge is -2.06. The molecule has 0 radical (unpaired) electrons. The van der Waals surface area contributed by atoms with E-state index < -0.39 is 11.9 Å². The molecule has 4 heteroatoms. The Labute approximate surface area is 121 Å². The third-order valence-electron chi connectivity index (χ3n) is 3.64. The van der Waals surface area contributed by atoms with Gasteiger partial charge in [-0.1, -0.05) is 36.4 Å². The minimum absolute atomic E-state index is 0.0151. The molecule has 0 atom stereocenters. The van der Waals surface area contributed by atoms with Crippen LogP contribution in [0.4, 0.5) is 0 Å². The van der Waals surface area contributed by atoms with Crippen molar-refractivity contribution in [1.29, 1.82) is 0 Å². The average Bonchev–Trinajstić information content (AvgIpc) is 2.81. The Morgan fingerprint density at radius 2 is 1.76 bits per heavy atom. The summed E-state index contributed by atoms with van der Waals surface area (Å²) < 4.78 is 0. The maximum Gasteiger partial charge on any atom is 0.329 e. The molecule has 2 aromatic rings. The Balaban J connectivity index is 2.08. The van der Waals surface area contributed by atoms with Crippen molar-refractivity contribution in [3.8, 4) is 11.1 Å². The summed E-state index contributed by atoms with van der Waals surface area (Å²) in [5, 5.41) is 8.85. The van der Waals surface area contributed by atoms with E-state index >= 15 is 0 Å². The van der Waals surface area contributed by atoms with Crippen LogP contribution in [0.3, 0.4) is 0 Å². The number of amides is 1. The number of rotatable bonds is 3. The van der Waals surface area contributed by atoms with Crippen LogP contribution < -0.4 is 5.73 Å². The third kappa shape index (κ3) is 2.31. The number of primary amides is 1. The summed E-state index contributed by atoms with van der Waals surface area (Å²) in [5.41, 5.74) is 10.4. The van der Waals surface area contributed by atoms with E-state index in [9.17, 15) is 9.59 Å². The highest BCUT2D eigenvalue weighted by Crippen LogP contribution is 2.37. The van der Waals surface area contributed by atoms with Crippen LogP contribution in [-0.2, 0) is 16.0 Å². The van der Waals surface area contributed by atoms with Crippen molar-refractivity contribution in [3.05, 3.63) is 65.2 Å². The second-order valence-electron chi connectivity index (χ2n) is 4.97. The molecular weight excluding hydrogens is 266 g/mol. The largest absolute Gasteiger partial charge is 0.478 e. The molecule has 0 bridgehead atoms. The zero-order valence-electron chi connectivity index (χ0n) is 11.2. The van der Waals surface area contributed by atoms with Crippen LogP contribution in [0.1, 0.15) is 16.7 Å². The minimum Gasteiger partial charge on any atom is -0.478 e. The van der Waals surface area contributed by atoms with Crippen molar-refractivity contribution in [2.45, 2.75) is 6.42 Å². The van der Waals surface area contributed by atoms with E-state index in [-0.39, 0.29) is 5.57 Å². The number of fused-ring (bicyclic) bond motifs is 3. The number of carbonyl (C=O) groups excluding carboxylic acids is 1. The molecule has 3 rings (SSSR count). The second kappa shape index (κ2) is 4.90. The number of benzene rings is 2. The number of hydrogen-bond donors (Lipinski definition) is 2. The molecule has 1 aliphatic carbocycles. The van der Waals surface area contributed by atoms with E-state index in [1.54, 1.807) is 6.07 Å². The number of aliphatic carboxylic acids is 1. The molecule has 21 heavy (non-hydrogen) atoms. The number of hydrogen-bond acceptors (Lipinski definition) is 2. The first-order chi connectivity index (χ1) is 10.1. The summed E-state index contributed by atoms with van der Waals surface area (Å²) in [6, 6.07) is 13.6. The highest BCUT2D eigenvalue weighted by molar-refractivity contribution is 6.22. The summed E-state index contributed by atoms with van der Waals surface area (Å²) in [7, 11) is 0. The molecule has 0 heterocycles. The molecule has 1 aliphatic rings. The summed E-state index contributed by atoms with van der Waals surface area (Å²) >= 11 is 0. The molecule has 4 nitrogen and oxygen atoms in total. The Morgan fingerprint density at radius 1 is 1.05 bits per heavy atom. The number of carboxylic acids is 1. The monoisotopic (exact) mass is 279 g/mol. The van der Waals surface area contributed by atoms with E-state index in [0.29, 0.717) is 5.56 Å². The first-order valence-corrected chi connectivity index (χ1v) is 6.52. The van der Waals surface area contributed by atoms with Gasteiger partial charge in [-0.3, -0.25) is 4.79 Å². The van der Waals surface area contributed by atoms with Gasteiger partial charge >= 0.3 is 5.97 Å². The van der Waals surface area contributed by atoms with Crippen LogP contribution in [0.25, 0.3) is 16.7 Å². The predicted octanol–water partition coefficient (Wildman–Crippen LogP) is 2.21.